The fourth-order valence-electron chi connectivity index (χ4n) is 1.89. The zero-order chi connectivity index (χ0) is 17.1. The van der Waals surface area contributed by atoms with Crippen molar-refractivity contribution >= 4 is 23.4 Å². The van der Waals surface area contributed by atoms with Gasteiger partial charge in [-0.3, -0.25) is 10.1 Å². The van der Waals surface area contributed by atoms with Gasteiger partial charge in [0.1, 0.15) is 0 Å². The first kappa shape index (κ1) is 15.6. The van der Waals surface area contributed by atoms with Crippen LogP contribution in [0.1, 0.15) is 10.4 Å². The molecule has 0 saturated carbocycles. The minimum absolute atomic E-state index is 0.204. The third-order valence-corrected chi connectivity index (χ3v) is 3.90. The van der Waals surface area contributed by atoms with Crippen molar-refractivity contribution in [2.24, 2.45) is 0 Å². The van der Waals surface area contributed by atoms with Crippen molar-refractivity contribution in [3.63, 3.8) is 0 Å². The molecule has 0 aliphatic carbocycles. The lowest BCUT2D eigenvalue weighted by Gasteiger charge is -2.07. The minimum atomic E-state index is -1.52. The molecule has 1 aromatic heterocycles. The summed E-state index contributed by atoms with van der Waals surface area (Å²) in [5, 5.41) is 34.0. The molecule has 0 radical (unpaired) electrons. The topological polar surface area (TPSA) is 127 Å². The van der Waals surface area contributed by atoms with Gasteiger partial charge in [-0.25, -0.2) is 0 Å². The second-order valence-corrected chi connectivity index (χ2v) is 5.53. The molecule has 0 aliphatic rings. The number of carbonyl (C=O) groups is 1. The first-order valence-electron chi connectivity index (χ1n) is 6.57. The summed E-state index contributed by atoms with van der Waals surface area (Å²) in [6.45, 7) is 0. The molecule has 2 aromatic carbocycles. The second kappa shape index (κ2) is 6.46. The molecule has 3 aromatic rings. The highest BCUT2D eigenvalue weighted by Crippen LogP contribution is 2.30. The summed E-state index contributed by atoms with van der Waals surface area (Å²) in [6.07, 6.45) is 0. The molecule has 0 N–H and O–H groups in total. The summed E-state index contributed by atoms with van der Waals surface area (Å²) in [5.41, 5.74) is 0.0605. The number of hydrogen-bond acceptors (Lipinski definition) is 8. The summed E-state index contributed by atoms with van der Waals surface area (Å²) < 4.78 is 0. The summed E-state index contributed by atoms with van der Waals surface area (Å²) in [7, 11) is 0. The molecule has 3 rings (SSSR count). The van der Waals surface area contributed by atoms with Gasteiger partial charge >= 0.3 is 0 Å². The molecule has 120 valence electrons. The number of nitrogens with zero attached hydrogens (tertiary/aromatic N) is 5. The molecule has 24 heavy (non-hydrogen) atoms. The van der Waals surface area contributed by atoms with Gasteiger partial charge in [0.05, 0.1) is 16.6 Å². The maximum Gasteiger partial charge on any atom is 0.270 e. The van der Waals surface area contributed by atoms with Crippen molar-refractivity contribution in [3.05, 3.63) is 64.2 Å². The van der Waals surface area contributed by atoms with Gasteiger partial charge in [-0.05, 0) is 35.2 Å². The fourth-order valence-corrected chi connectivity index (χ4v) is 2.67. The molecule has 0 saturated heterocycles. The Morgan fingerprint density at radius 3 is 2.58 bits per heavy atom. The van der Waals surface area contributed by atoms with E-state index in [0.717, 1.165) is 17.8 Å². The lowest BCUT2D eigenvalue weighted by molar-refractivity contribution is -0.385. The van der Waals surface area contributed by atoms with Crippen LogP contribution < -0.4 is 5.11 Å². The number of para-hydroxylation sites is 1. The Bertz CT molecular complexity index is 913. The molecule has 0 amide bonds. The van der Waals surface area contributed by atoms with E-state index in [1.165, 1.54) is 16.9 Å². The van der Waals surface area contributed by atoms with Crippen molar-refractivity contribution in [1.29, 1.82) is 0 Å². The average Bonchev–Trinajstić information content (AvgIpc) is 3.04. The van der Waals surface area contributed by atoms with Crippen LogP contribution in [0.3, 0.4) is 0 Å². The van der Waals surface area contributed by atoms with E-state index in [9.17, 15) is 20.0 Å². The van der Waals surface area contributed by atoms with Crippen LogP contribution in [0.15, 0.2) is 58.6 Å². The van der Waals surface area contributed by atoms with Crippen LogP contribution in [-0.2, 0) is 0 Å². The molecule has 0 aliphatic heterocycles. The van der Waals surface area contributed by atoms with Crippen LogP contribution in [0.5, 0.6) is 0 Å². The molecule has 10 heteroatoms. The summed E-state index contributed by atoms with van der Waals surface area (Å²) in [6, 6.07) is 12.5. The predicted octanol–water partition coefficient (Wildman–Crippen LogP) is 1.09. The van der Waals surface area contributed by atoms with Gasteiger partial charge in [0.15, 0.2) is 0 Å². The molecular formula is C14H8N5O4S-. The van der Waals surface area contributed by atoms with Gasteiger partial charge in [0.25, 0.3) is 5.69 Å². The van der Waals surface area contributed by atoms with E-state index < -0.39 is 10.9 Å². The predicted molar refractivity (Wildman–Crippen MR) is 80.7 cm³/mol. The SMILES string of the molecule is O=C([O-])c1cc([N+](=O)[O-])ccc1Sc1nnn(-c2ccccc2)n1. The monoisotopic (exact) mass is 342 g/mol. The van der Waals surface area contributed by atoms with Crippen LogP contribution in [0.2, 0.25) is 0 Å². The Morgan fingerprint density at radius 2 is 1.92 bits per heavy atom. The first-order chi connectivity index (χ1) is 11.5. The van der Waals surface area contributed by atoms with Crippen LogP contribution in [0.25, 0.3) is 5.69 Å². The van der Waals surface area contributed by atoms with Crippen molar-refractivity contribution in [3.8, 4) is 5.69 Å². The Hall–Kier alpha value is -3.27. The van der Waals surface area contributed by atoms with Crippen LogP contribution in [0.4, 0.5) is 5.69 Å². The number of aromatic carboxylic acids is 1. The van der Waals surface area contributed by atoms with E-state index in [1.807, 2.05) is 18.2 Å². The fraction of sp³-hybridized carbons (Fsp3) is 0. The lowest BCUT2D eigenvalue weighted by Crippen LogP contribution is -2.23. The average molecular weight is 342 g/mol. The van der Waals surface area contributed by atoms with Crippen molar-refractivity contribution in [1.82, 2.24) is 20.2 Å². The van der Waals surface area contributed by atoms with E-state index >= 15 is 0 Å². The highest BCUT2D eigenvalue weighted by Gasteiger charge is 2.15. The molecule has 0 atom stereocenters. The molecular weight excluding hydrogens is 334 g/mol. The standard InChI is InChI=1S/C14H9N5O4S/c20-13(21)11-8-10(19(22)23)6-7-12(11)24-14-15-17-18(16-14)9-4-2-1-3-5-9/h1-8H,(H,20,21)/p-1. The van der Waals surface area contributed by atoms with E-state index in [2.05, 4.69) is 15.4 Å². The number of rotatable bonds is 5. The van der Waals surface area contributed by atoms with Crippen molar-refractivity contribution in [2.45, 2.75) is 10.1 Å². The Kier molecular flexibility index (Phi) is 4.20. The van der Waals surface area contributed by atoms with Crippen LogP contribution >= 0.6 is 11.8 Å². The Morgan fingerprint density at radius 1 is 1.17 bits per heavy atom. The van der Waals surface area contributed by atoms with Crippen LogP contribution in [-0.4, -0.2) is 31.1 Å². The summed E-state index contributed by atoms with van der Waals surface area (Å²) in [4.78, 5) is 22.8. The van der Waals surface area contributed by atoms with E-state index in [4.69, 9.17) is 0 Å². The molecule has 1 heterocycles. The first-order valence-corrected chi connectivity index (χ1v) is 7.39. The number of benzene rings is 2. The van der Waals surface area contributed by atoms with Gasteiger partial charge < -0.3 is 9.90 Å². The van der Waals surface area contributed by atoms with Crippen LogP contribution in [0, 0.1) is 10.1 Å². The largest absolute Gasteiger partial charge is 0.545 e. The third-order valence-electron chi connectivity index (χ3n) is 2.98. The molecule has 0 bridgehead atoms. The number of carbonyl (C=O) groups excluding carboxylic acids is 1. The number of nitro groups is 1. The quantitative estimate of drug-likeness (QED) is 0.498. The van der Waals surface area contributed by atoms with Gasteiger partial charge in [0, 0.05) is 22.6 Å². The lowest BCUT2D eigenvalue weighted by atomic mass is 10.2. The van der Waals surface area contributed by atoms with Gasteiger partial charge in [0.2, 0.25) is 5.16 Å². The Labute approximate surface area is 139 Å². The smallest absolute Gasteiger partial charge is 0.270 e. The van der Waals surface area contributed by atoms with Gasteiger partial charge in [-0.1, -0.05) is 18.2 Å². The number of carboxylic acid groups (broad SMARTS) is 1. The van der Waals surface area contributed by atoms with Gasteiger partial charge in [-0.2, -0.15) is 0 Å². The summed E-state index contributed by atoms with van der Waals surface area (Å²) >= 11 is 0.929. The van der Waals surface area contributed by atoms with Gasteiger partial charge in [-0.15, -0.1) is 15.0 Å². The van der Waals surface area contributed by atoms with E-state index in [1.54, 1.807) is 12.1 Å². The minimum Gasteiger partial charge on any atom is -0.545 e. The number of aromatic nitrogens is 4. The number of nitro benzene ring substituents is 1. The molecule has 0 fully saturated rings. The zero-order valence-corrected chi connectivity index (χ0v) is 12.7. The maximum atomic E-state index is 11.2. The van der Waals surface area contributed by atoms with Crippen molar-refractivity contribution in [2.75, 3.05) is 0 Å². The second-order valence-electron chi connectivity index (χ2n) is 4.52. The number of hydrogen-bond donors (Lipinski definition) is 0. The normalized spacial score (nSPS) is 10.5. The summed E-state index contributed by atoms with van der Waals surface area (Å²) in [5.74, 6) is -1.52. The third kappa shape index (κ3) is 3.22. The van der Waals surface area contributed by atoms with Crippen molar-refractivity contribution < 1.29 is 14.8 Å². The number of tetrazole rings is 1. The Balaban J connectivity index is 1.90. The molecule has 0 spiro atoms. The van der Waals surface area contributed by atoms with E-state index in [-0.39, 0.29) is 21.3 Å². The molecule has 9 nitrogen and oxygen atoms in total. The van der Waals surface area contributed by atoms with E-state index in [0.29, 0.717) is 5.69 Å². The number of carboxylic acids is 1. The zero-order valence-electron chi connectivity index (χ0n) is 11.9. The number of non-ortho nitro benzene ring substituents is 1. The highest BCUT2D eigenvalue weighted by atomic mass is 32.2. The maximum absolute atomic E-state index is 11.2. The molecule has 0 unspecified atom stereocenters. The highest BCUT2D eigenvalue weighted by molar-refractivity contribution is 7.99.